The standard InChI is InChI=1S/C18H29N3O2.2ClH/c1-21(2)16(15-8-4-5-10-17(15)23-3)12-20-18(22)14-9-6-7-13(14)11-19;;/h4-5,8,10,13-14,16H,6-7,9,11-12,19H2,1-3H3,(H,20,22);2*1H/t13-,14-,16?;;/m1../s1. The molecule has 1 aliphatic carbocycles. The van der Waals surface area contributed by atoms with Crippen molar-refractivity contribution < 1.29 is 9.53 Å². The lowest BCUT2D eigenvalue weighted by Gasteiger charge is -2.27. The highest BCUT2D eigenvalue weighted by atomic mass is 35.5. The summed E-state index contributed by atoms with van der Waals surface area (Å²) in [6.45, 7) is 1.17. The van der Waals surface area contributed by atoms with E-state index >= 15 is 0 Å². The second-order valence-electron chi connectivity index (χ2n) is 6.50. The fourth-order valence-corrected chi connectivity index (χ4v) is 3.50. The molecule has 0 aliphatic heterocycles. The van der Waals surface area contributed by atoms with Gasteiger partial charge in [-0.2, -0.15) is 0 Å². The maximum atomic E-state index is 12.5. The predicted molar refractivity (Wildman–Crippen MR) is 107 cm³/mol. The maximum Gasteiger partial charge on any atom is 0.223 e. The van der Waals surface area contributed by atoms with Crippen LogP contribution in [0.1, 0.15) is 30.9 Å². The number of nitrogens with one attached hydrogen (secondary N) is 1. The lowest BCUT2D eigenvalue weighted by molar-refractivity contribution is -0.126. The monoisotopic (exact) mass is 391 g/mol. The molecule has 1 fully saturated rings. The second-order valence-corrected chi connectivity index (χ2v) is 6.50. The molecule has 1 unspecified atom stereocenters. The zero-order chi connectivity index (χ0) is 16.8. The number of amides is 1. The Balaban J connectivity index is 0.00000288. The van der Waals surface area contributed by atoms with E-state index in [1.165, 1.54) is 0 Å². The van der Waals surface area contributed by atoms with Crippen molar-refractivity contribution >= 4 is 30.7 Å². The number of hydrogen-bond acceptors (Lipinski definition) is 4. The Morgan fingerprint density at radius 2 is 2.00 bits per heavy atom. The van der Waals surface area contributed by atoms with Crippen LogP contribution in [0.5, 0.6) is 5.75 Å². The third-order valence-corrected chi connectivity index (χ3v) is 4.89. The largest absolute Gasteiger partial charge is 0.496 e. The summed E-state index contributed by atoms with van der Waals surface area (Å²) in [6, 6.07) is 8.03. The van der Waals surface area contributed by atoms with Crippen LogP contribution < -0.4 is 15.8 Å². The minimum absolute atomic E-state index is 0. The number of benzene rings is 1. The van der Waals surface area contributed by atoms with Crippen molar-refractivity contribution in [3.8, 4) is 5.75 Å². The van der Waals surface area contributed by atoms with Gasteiger partial charge in [0.2, 0.25) is 5.91 Å². The molecule has 3 atom stereocenters. The number of carbonyl (C=O) groups is 1. The van der Waals surface area contributed by atoms with E-state index in [0.717, 1.165) is 30.6 Å². The van der Waals surface area contributed by atoms with E-state index in [0.29, 0.717) is 19.0 Å². The SMILES string of the molecule is COc1ccccc1C(CNC(=O)[C@@H]1CCC[C@@H]1CN)N(C)C.Cl.Cl. The summed E-state index contributed by atoms with van der Waals surface area (Å²) in [5.74, 6) is 1.39. The third kappa shape index (κ3) is 6.03. The number of nitrogens with zero attached hydrogens (tertiary/aromatic N) is 1. The van der Waals surface area contributed by atoms with Crippen LogP contribution in [-0.2, 0) is 4.79 Å². The Morgan fingerprint density at radius 1 is 1.32 bits per heavy atom. The summed E-state index contributed by atoms with van der Waals surface area (Å²) in [4.78, 5) is 14.6. The van der Waals surface area contributed by atoms with Crippen LogP contribution in [0.2, 0.25) is 0 Å². The fraction of sp³-hybridized carbons (Fsp3) is 0.611. The molecule has 0 bridgehead atoms. The summed E-state index contributed by atoms with van der Waals surface area (Å²) < 4.78 is 5.46. The zero-order valence-electron chi connectivity index (χ0n) is 15.2. The topological polar surface area (TPSA) is 67.6 Å². The minimum atomic E-state index is 0. The summed E-state index contributed by atoms with van der Waals surface area (Å²) in [5, 5.41) is 3.13. The summed E-state index contributed by atoms with van der Waals surface area (Å²) in [5.41, 5.74) is 6.88. The molecule has 3 N–H and O–H groups in total. The number of para-hydroxylation sites is 1. The van der Waals surface area contributed by atoms with Crippen molar-refractivity contribution in [3.05, 3.63) is 29.8 Å². The van der Waals surface area contributed by atoms with Crippen LogP contribution in [0.4, 0.5) is 0 Å². The van der Waals surface area contributed by atoms with Gasteiger partial charge < -0.3 is 20.7 Å². The number of likely N-dealkylation sites (N-methyl/N-ethyl adjacent to an activating group) is 1. The van der Waals surface area contributed by atoms with Gasteiger partial charge in [0.25, 0.3) is 0 Å². The van der Waals surface area contributed by atoms with E-state index < -0.39 is 0 Å². The lowest BCUT2D eigenvalue weighted by Crippen LogP contribution is -2.39. The maximum absolute atomic E-state index is 12.5. The number of ether oxygens (including phenoxy) is 1. The van der Waals surface area contributed by atoms with Crippen molar-refractivity contribution in [3.63, 3.8) is 0 Å². The number of carbonyl (C=O) groups excluding carboxylic acids is 1. The number of halogens is 2. The van der Waals surface area contributed by atoms with Crippen LogP contribution in [0.25, 0.3) is 0 Å². The van der Waals surface area contributed by atoms with E-state index in [2.05, 4.69) is 10.2 Å². The molecule has 2 rings (SSSR count). The van der Waals surface area contributed by atoms with E-state index in [1.807, 2.05) is 38.4 Å². The van der Waals surface area contributed by atoms with Crippen molar-refractivity contribution in [2.75, 3.05) is 34.3 Å². The van der Waals surface area contributed by atoms with Crippen molar-refractivity contribution in [2.45, 2.75) is 25.3 Å². The molecule has 7 heteroatoms. The Hall–Kier alpha value is -1.01. The first-order chi connectivity index (χ1) is 11.1. The molecule has 0 spiro atoms. The highest BCUT2D eigenvalue weighted by Gasteiger charge is 2.32. The summed E-state index contributed by atoms with van der Waals surface area (Å²) in [7, 11) is 5.71. The minimum Gasteiger partial charge on any atom is -0.496 e. The molecule has 0 saturated heterocycles. The molecule has 144 valence electrons. The van der Waals surface area contributed by atoms with Crippen LogP contribution in [0.15, 0.2) is 24.3 Å². The van der Waals surface area contributed by atoms with Gasteiger partial charge in [0, 0.05) is 18.0 Å². The van der Waals surface area contributed by atoms with E-state index in [1.54, 1.807) is 7.11 Å². The summed E-state index contributed by atoms with van der Waals surface area (Å²) in [6.07, 6.45) is 3.12. The van der Waals surface area contributed by atoms with E-state index in [9.17, 15) is 4.79 Å². The van der Waals surface area contributed by atoms with Gasteiger partial charge in [-0.25, -0.2) is 0 Å². The first kappa shape index (κ1) is 24.0. The van der Waals surface area contributed by atoms with Crippen LogP contribution >= 0.6 is 24.8 Å². The normalized spacial score (nSPS) is 20.4. The predicted octanol–water partition coefficient (Wildman–Crippen LogP) is 2.63. The van der Waals surface area contributed by atoms with Crippen LogP contribution in [0, 0.1) is 11.8 Å². The molecular formula is C18H31Cl2N3O2. The van der Waals surface area contributed by atoms with Crippen LogP contribution in [0.3, 0.4) is 0 Å². The number of nitrogens with two attached hydrogens (primary N) is 1. The quantitative estimate of drug-likeness (QED) is 0.749. The van der Waals surface area contributed by atoms with Crippen molar-refractivity contribution in [1.82, 2.24) is 10.2 Å². The Bertz CT molecular complexity index is 529. The van der Waals surface area contributed by atoms with E-state index in [4.69, 9.17) is 10.5 Å². The zero-order valence-corrected chi connectivity index (χ0v) is 16.9. The van der Waals surface area contributed by atoms with Gasteiger partial charge >= 0.3 is 0 Å². The van der Waals surface area contributed by atoms with Gasteiger partial charge in [-0.1, -0.05) is 24.6 Å². The average Bonchev–Trinajstić information content (AvgIpc) is 3.03. The van der Waals surface area contributed by atoms with Gasteiger partial charge in [0.05, 0.1) is 13.2 Å². The molecule has 1 aliphatic rings. The molecule has 25 heavy (non-hydrogen) atoms. The molecule has 1 amide bonds. The van der Waals surface area contributed by atoms with Gasteiger partial charge in [-0.3, -0.25) is 4.79 Å². The third-order valence-electron chi connectivity index (χ3n) is 4.89. The second kappa shape index (κ2) is 11.6. The fourth-order valence-electron chi connectivity index (χ4n) is 3.50. The van der Waals surface area contributed by atoms with Crippen molar-refractivity contribution in [1.29, 1.82) is 0 Å². The number of rotatable bonds is 7. The summed E-state index contributed by atoms with van der Waals surface area (Å²) >= 11 is 0. The molecule has 0 radical (unpaired) electrons. The highest BCUT2D eigenvalue weighted by molar-refractivity contribution is 5.85. The lowest BCUT2D eigenvalue weighted by atomic mass is 9.95. The smallest absolute Gasteiger partial charge is 0.223 e. The van der Waals surface area contributed by atoms with Gasteiger partial charge in [0.1, 0.15) is 5.75 Å². The molecule has 1 saturated carbocycles. The number of hydrogen-bond donors (Lipinski definition) is 2. The van der Waals surface area contributed by atoms with Gasteiger partial charge in [-0.15, -0.1) is 24.8 Å². The van der Waals surface area contributed by atoms with Crippen molar-refractivity contribution in [2.24, 2.45) is 17.6 Å². The molecule has 5 nitrogen and oxygen atoms in total. The highest BCUT2D eigenvalue weighted by Crippen LogP contribution is 2.31. The van der Waals surface area contributed by atoms with E-state index in [-0.39, 0.29) is 42.7 Å². The molecule has 0 aromatic heterocycles. The van der Waals surface area contributed by atoms with Gasteiger partial charge in [0.15, 0.2) is 0 Å². The van der Waals surface area contributed by atoms with Gasteiger partial charge in [-0.05, 0) is 45.5 Å². The first-order valence-corrected chi connectivity index (χ1v) is 8.35. The Labute approximate surface area is 163 Å². The molecular weight excluding hydrogens is 361 g/mol. The first-order valence-electron chi connectivity index (χ1n) is 8.35. The molecule has 1 aromatic carbocycles. The number of methoxy groups -OCH3 is 1. The molecule has 0 heterocycles. The Kier molecular flexibility index (Phi) is 11.1. The molecule has 1 aromatic rings. The van der Waals surface area contributed by atoms with Crippen LogP contribution in [-0.4, -0.2) is 45.1 Å². The Morgan fingerprint density at radius 3 is 2.60 bits per heavy atom. The average molecular weight is 392 g/mol.